The second-order valence-electron chi connectivity index (χ2n) is 8.65. The Labute approximate surface area is 195 Å². The molecule has 1 fully saturated rings. The topological polar surface area (TPSA) is 89.3 Å². The number of piperazine rings is 1. The molecule has 0 bridgehead atoms. The molecular weight excluding hydrogens is 416 g/mol. The van der Waals surface area contributed by atoms with Crippen molar-refractivity contribution < 1.29 is 15.0 Å². The summed E-state index contributed by atoms with van der Waals surface area (Å²) in [5.74, 6) is 0.00558. The van der Waals surface area contributed by atoms with Gasteiger partial charge in [0.15, 0.2) is 5.78 Å². The highest BCUT2D eigenvalue weighted by Gasteiger charge is 2.29. The van der Waals surface area contributed by atoms with Crippen LogP contribution in [-0.2, 0) is 4.79 Å². The van der Waals surface area contributed by atoms with Crippen LogP contribution in [0.4, 0.5) is 0 Å². The minimum atomic E-state index is -0.0609. The van der Waals surface area contributed by atoms with Gasteiger partial charge in [0.1, 0.15) is 5.76 Å². The fraction of sp³-hybridized carbons (Fsp3) is 0.423. The van der Waals surface area contributed by atoms with Gasteiger partial charge in [-0.2, -0.15) is 0 Å². The molecule has 0 spiro atoms. The van der Waals surface area contributed by atoms with Crippen molar-refractivity contribution in [1.82, 2.24) is 14.8 Å². The van der Waals surface area contributed by atoms with Gasteiger partial charge in [-0.3, -0.25) is 24.6 Å². The molecule has 1 aromatic heterocycles. The van der Waals surface area contributed by atoms with E-state index in [0.29, 0.717) is 25.0 Å². The van der Waals surface area contributed by atoms with E-state index >= 15 is 0 Å². The minimum Gasteiger partial charge on any atom is -0.511 e. The molecule has 1 unspecified atom stereocenters. The second kappa shape index (κ2) is 11.3. The molecule has 2 aliphatic rings. The number of pyridine rings is 1. The number of hydrogen-bond donors (Lipinski definition) is 2. The molecule has 7 heteroatoms. The van der Waals surface area contributed by atoms with Crippen molar-refractivity contribution in [2.45, 2.75) is 18.8 Å². The molecular formula is C26H32N4O3. The zero-order chi connectivity index (χ0) is 23.0. The van der Waals surface area contributed by atoms with Crippen LogP contribution in [0, 0.1) is 0 Å². The summed E-state index contributed by atoms with van der Waals surface area (Å²) >= 11 is 0. The molecule has 1 saturated heterocycles. The number of carbonyl (C=O) groups excluding carboxylic acids is 1. The quantitative estimate of drug-likeness (QED) is 0.604. The van der Waals surface area contributed by atoms with Crippen LogP contribution < -0.4 is 0 Å². The first kappa shape index (κ1) is 23.3. The van der Waals surface area contributed by atoms with Gasteiger partial charge < -0.3 is 10.2 Å². The minimum absolute atomic E-state index is 0.0605. The van der Waals surface area contributed by atoms with Gasteiger partial charge in [0.2, 0.25) is 0 Å². The SMILES string of the molecule is O=C1CC(c2ccccc2-c2ccncc2)CC(O)=C1C=NCCN1CCN(CCO)CC1. The summed E-state index contributed by atoms with van der Waals surface area (Å²) in [6, 6.07) is 12.0. The average molecular weight is 449 g/mol. The van der Waals surface area contributed by atoms with Crippen LogP contribution in [0.3, 0.4) is 0 Å². The molecule has 174 valence electrons. The van der Waals surface area contributed by atoms with E-state index in [1.54, 1.807) is 18.6 Å². The number of allylic oxidation sites excluding steroid dienone is 2. The average Bonchev–Trinajstić information content (AvgIpc) is 2.85. The Morgan fingerprint density at radius 1 is 1.00 bits per heavy atom. The van der Waals surface area contributed by atoms with Gasteiger partial charge in [-0.25, -0.2) is 0 Å². The standard InChI is InChI=1S/C26H32N4O3/c31-16-15-30-13-11-29(12-14-30)10-9-28-19-24-25(32)17-21(18-26(24)33)23-4-2-1-3-22(23)20-5-7-27-8-6-20/h1-8,19,21,31-32H,9-18H2. The van der Waals surface area contributed by atoms with Gasteiger partial charge in [-0.1, -0.05) is 24.3 Å². The lowest BCUT2D eigenvalue weighted by Crippen LogP contribution is -2.47. The summed E-state index contributed by atoms with van der Waals surface area (Å²) < 4.78 is 0. The monoisotopic (exact) mass is 448 g/mol. The highest BCUT2D eigenvalue weighted by atomic mass is 16.3. The van der Waals surface area contributed by atoms with E-state index in [9.17, 15) is 9.90 Å². The van der Waals surface area contributed by atoms with E-state index in [1.165, 1.54) is 0 Å². The third-order valence-corrected chi connectivity index (χ3v) is 6.52. The molecule has 2 heterocycles. The normalized spacial score (nSPS) is 20.6. The maximum Gasteiger partial charge on any atom is 0.168 e. The Morgan fingerprint density at radius 2 is 1.70 bits per heavy atom. The number of Topliss-reactive ketones (excluding diaryl/α,β-unsaturated/α-hetero) is 1. The molecule has 1 aliphatic carbocycles. The van der Waals surface area contributed by atoms with E-state index in [1.807, 2.05) is 30.3 Å². The number of β-amino-alcohol motifs (C(OH)–C–C–N with tert-alkyl or cyclic N) is 1. The third-order valence-electron chi connectivity index (χ3n) is 6.52. The smallest absolute Gasteiger partial charge is 0.168 e. The summed E-state index contributed by atoms with van der Waals surface area (Å²) in [5.41, 5.74) is 3.54. The van der Waals surface area contributed by atoms with Gasteiger partial charge in [0.05, 0.1) is 18.7 Å². The number of ketones is 1. The molecule has 2 aromatic rings. The van der Waals surface area contributed by atoms with E-state index < -0.39 is 0 Å². The number of carbonyl (C=O) groups is 1. The first-order valence-corrected chi connectivity index (χ1v) is 11.7. The highest BCUT2D eigenvalue weighted by molar-refractivity contribution is 6.14. The number of nitrogens with zero attached hydrogens (tertiary/aromatic N) is 4. The van der Waals surface area contributed by atoms with E-state index in [-0.39, 0.29) is 24.1 Å². The number of hydrogen-bond acceptors (Lipinski definition) is 7. The predicted molar refractivity (Wildman–Crippen MR) is 130 cm³/mol. The Balaban J connectivity index is 1.37. The third kappa shape index (κ3) is 5.93. The zero-order valence-electron chi connectivity index (χ0n) is 18.9. The van der Waals surface area contributed by atoms with Gasteiger partial charge in [-0.15, -0.1) is 0 Å². The second-order valence-corrected chi connectivity index (χ2v) is 8.65. The zero-order valence-corrected chi connectivity index (χ0v) is 18.9. The van der Waals surface area contributed by atoms with Crippen LogP contribution in [0.1, 0.15) is 24.3 Å². The van der Waals surface area contributed by atoms with Gasteiger partial charge in [-0.05, 0) is 34.7 Å². The summed E-state index contributed by atoms with van der Waals surface area (Å²) in [6.45, 7) is 6.19. The van der Waals surface area contributed by atoms with Crippen LogP contribution in [-0.4, -0.2) is 89.4 Å². The molecule has 0 amide bonds. The van der Waals surface area contributed by atoms with Crippen LogP contribution in [0.5, 0.6) is 0 Å². The Hall–Kier alpha value is -2.87. The number of aromatic nitrogens is 1. The van der Waals surface area contributed by atoms with Crippen LogP contribution in [0.15, 0.2) is 65.1 Å². The molecule has 33 heavy (non-hydrogen) atoms. The fourth-order valence-electron chi connectivity index (χ4n) is 4.66. The Morgan fingerprint density at radius 3 is 2.39 bits per heavy atom. The van der Waals surface area contributed by atoms with E-state index in [0.717, 1.165) is 56.0 Å². The predicted octanol–water partition coefficient (Wildman–Crippen LogP) is 2.69. The Kier molecular flexibility index (Phi) is 7.99. The van der Waals surface area contributed by atoms with Gasteiger partial charge >= 0.3 is 0 Å². The summed E-state index contributed by atoms with van der Waals surface area (Å²) in [5, 5.41) is 19.7. The Bertz CT molecular complexity index is 998. The molecule has 2 N–H and O–H groups in total. The largest absolute Gasteiger partial charge is 0.511 e. The van der Waals surface area contributed by atoms with Gasteiger partial charge in [0.25, 0.3) is 0 Å². The number of aliphatic hydroxyl groups excluding tert-OH is 2. The lowest BCUT2D eigenvalue weighted by molar-refractivity contribution is -0.116. The number of rotatable bonds is 8. The molecule has 7 nitrogen and oxygen atoms in total. The maximum atomic E-state index is 12.9. The van der Waals surface area contributed by atoms with Crippen molar-refractivity contribution in [3.8, 4) is 11.1 Å². The lowest BCUT2D eigenvalue weighted by Gasteiger charge is -2.33. The number of benzene rings is 1. The molecule has 0 radical (unpaired) electrons. The van der Waals surface area contributed by atoms with Crippen molar-refractivity contribution >= 4 is 12.0 Å². The van der Waals surface area contributed by atoms with Crippen LogP contribution in [0.25, 0.3) is 11.1 Å². The molecule has 4 rings (SSSR count). The van der Waals surface area contributed by atoms with Gasteiger partial charge in [0, 0.05) is 70.7 Å². The molecule has 1 aliphatic heterocycles. The fourth-order valence-corrected chi connectivity index (χ4v) is 4.66. The number of aliphatic imine (C=N–C) groups is 1. The van der Waals surface area contributed by atoms with Crippen molar-refractivity contribution in [2.75, 3.05) is 52.4 Å². The first-order chi connectivity index (χ1) is 16.2. The van der Waals surface area contributed by atoms with Crippen molar-refractivity contribution in [1.29, 1.82) is 0 Å². The number of aliphatic hydroxyl groups is 2. The lowest BCUT2D eigenvalue weighted by atomic mass is 9.80. The van der Waals surface area contributed by atoms with E-state index in [2.05, 4.69) is 25.8 Å². The summed E-state index contributed by atoms with van der Waals surface area (Å²) in [6.07, 6.45) is 5.88. The summed E-state index contributed by atoms with van der Waals surface area (Å²) in [4.78, 5) is 26.0. The van der Waals surface area contributed by atoms with Crippen LogP contribution in [0.2, 0.25) is 0 Å². The van der Waals surface area contributed by atoms with Crippen LogP contribution >= 0.6 is 0 Å². The molecule has 1 atom stereocenters. The first-order valence-electron chi connectivity index (χ1n) is 11.7. The van der Waals surface area contributed by atoms with Crippen molar-refractivity contribution in [3.63, 3.8) is 0 Å². The maximum absolute atomic E-state index is 12.9. The molecule has 0 saturated carbocycles. The summed E-state index contributed by atoms with van der Waals surface area (Å²) in [7, 11) is 0. The van der Waals surface area contributed by atoms with Crippen molar-refractivity contribution in [3.05, 3.63) is 65.7 Å². The molecule has 1 aromatic carbocycles. The van der Waals surface area contributed by atoms with Crippen molar-refractivity contribution in [2.24, 2.45) is 4.99 Å². The van der Waals surface area contributed by atoms with E-state index in [4.69, 9.17) is 5.11 Å². The highest BCUT2D eigenvalue weighted by Crippen LogP contribution is 2.38.